The lowest BCUT2D eigenvalue weighted by Crippen LogP contribution is -2.53. The number of pyridine rings is 1. The van der Waals surface area contributed by atoms with Gasteiger partial charge < -0.3 is 20.5 Å². The number of phenolic OH excluding ortho intramolecular Hbond substituents is 1. The van der Waals surface area contributed by atoms with E-state index in [1.165, 1.54) is 18.3 Å². The third-order valence-corrected chi connectivity index (χ3v) is 11.3. The first-order valence-electron chi connectivity index (χ1n) is 16.4. The Labute approximate surface area is 289 Å². The van der Waals surface area contributed by atoms with E-state index in [-0.39, 0.29) is 46.4 Å². The number of hydrogen-bond acceptors (Lipinski definition) is 9. The van der Waals surface area contributed by atoms with Crippen LogP contribution in [0.15, 0.2) is 65.7 Å². The Morgan fingerprint density at radius 1 is 1.02 bits per heavy atom. The number of phenols is 1. The minimum atomic E-state index is -4.22. The number of benzene rings is 2. The van der Waals surface area contributed by atoms with Crippen LogP contribution in [-0.4, -0.2) is 81.6 Å². The largest absolute Gasteiger partial charge is 0.508 e. The number of ether oxygens (including phenoxy) is 1. The molecule has 1 aliphatic carbocycles. The van der Waals surface area contributed by atoms with Gasteiger partial charge in [-0.05, 0) is 89.0 Å². The van der Waals surface area contributed by atoms with Crippen molar-refractivity contribution < 1.29 is 36.3 Å². The molecule has 0 radical (unpaired) electrons. The maximum Gasteiger partial charge on any atom is 0.239 e. The zero-order valence-electron chi connectivity index (χ0n) is 28.7. The molecule has 49 heavy (non-hydrogen) atoms. The van der Waals surface area contributed by atoms with Crippen LogP contribution in [0.3, 0.4) is 0 Å². The normalized spacial score (nSPS) is 20.0. The highest BCUT2D eigenvalue weighted by molar-refractivity contribution is 7.92. The summed E-state index contributed by atoms with van der Waals surface area (Å²) in [6.07, 6.45) is 5.45. The van der Waals surface area contributed by atoms with Crippen LogP contribution in [0, 0.1) is 11.8 Å². The molecule has 0 saturated heterocycles. The van der Waals surface area contributed by atoms with Crippen molar-refractivity contribution in [3.05, 3.63) is 66.4 Å². The van der Waals surface area contributed by atoms with Crippen molar-refractivity contribution >= 4 is 42.6 Å². The smallest absolute Gasteiger partial charge is 0.239 e. The van der Waals surface area contributed by atoms with Gasteiger partial charge in [-0.15, -0.1) is 0 Å². The van der Waals surface area contributed by atoms with E-state index in [0.717, 1.165) is 19.1 Å². The van der Waals surface area contributed by atoms with E-state index in [1.807, 2.05) is 20.8 Å². The number of para-hydroxylation sites is 2. The van der Waals surface area contributed by atoms with E-state index in [2.05, 4.69) is 20.3 Å². The minimum Gasteiger partial charge on any atom is -0.508 e. The molecule has 0 spiro atoms. The number of rotatable bonds is 14. The molecule has 14 heteroatoms. The lowest BCUT2D eigenvalue weighted by atomic mass is 9.74. The topological polar surface area (TPSA) is 181 Å². The van der Waals surface area contributed by atoms with Gasteiger partial charge in [-0.1, -0.05) is 36.4 Å². The van der Waals surface area contributed by atoms with Gasteiger partial charge in [0.25, 0.3) is 0 Å². The predicted octanol–water partition coefficient (Wildman–Crippen LogP) is 3.49. The van der Waals surface area contributed by atoms with E-state index in [9.17, 15) is 31.5 Å². The second-order valence-electron chi connectivity index (χ2n) is 13.9. The number of methoxy groups -OCH3 is 1. The number of amides is 2. The molecule has 1 heterocycles. The fraction of sp³-hybridized carbons (Fsp3) is 0.514. The number of aromatic nitrogens is 1. The Bertz CT molecular complexity index is 1840. The molecule has 5 unspecified atom stereocenters. The van der Waals surface area contributed by atoms with Crippen molar-refractivity contribution in [1.82, 2.24) is 20.3 Å². The zero-order valence-corrected chi connectivity index (χ0v) is 30.3. The van der Waals surface area contributed by atoms with Crippen molar-refractivity contribution in [3.8, 4) is 5.75 Å². The molecule has 1 aliphatic rings. The standard InChI is InChI=1S/C35H48N4O8S2/c1-35(2,3)38-33(41)28-21-27(47-4)18-16-23(28)15-17-26(20-25-10-6-7-13-30(25)40)37-34(42)29(39-48(5,43)44)22-49(45,46)31-14-8-11-24-12-9-19-36-32(24)31/h6-14,19,23,26-29,39-40H,15-18,20-22H2,1-5H3,(H,37,42)(H,38,41). The molecule has 3 aromatic rings. The first-order valence-corrected chi connectivity index (χ1v) is 20.0. The number of hydrogen-bond donors (Lipinski definition) is 4. The first-order chi connectivity index (χ1) is 23.0. The summed E-state index contributed by atoms with van der Waals surface area (Å²) in [4.78, 5) is 31.4. The summed E-state index contributed by atoms with van der Waals surface area (Å²) in [6.45, 7) is 5.77. The maximum atomic E-state index is 13.9. The number of sulfonamides is 1. The summed E-state index contributed by atoms with van der Waals surface area (Å²) < 4.78 is 60.1. The van der Waals surface area contributed by atoms with Gasteiger partial charge in [0.2, 0.25) is 21.8 Å². The molecule has 268 valence electrons. The van der Waals surface area contributed by atoms with E-state index < -0.39 is 49.1 Å². The molecule has 1 aromatic heterocycles. The van der Waals surface area contributed by atoms with Crippen molar-refractivity contribution in [1.29, 1.82) is 0 Å². The number of carbonyl (C=O) groups excluding carboxylic acids is 2. The van der Waals surface area contributed by atoms with Crippen LogP contribution >= 0.6 is 0 Å². The molecule has 0 bridgehead atoms. The summed E-state index contributed by atoms with van der Waals surface area (Å²) in [5.41, 5.74) is 0.349. The molecule has 12 nitrogen and oxygen atoms in total. The van der Waals surface area contributed by atoms with Gasteiger partial charge >= 0.3 is 0 Å². The fourth-order valence-corrected chi connectivity index (χ4v) is 8.90. The molecule has 5 atom stereocenters. The number of sulfone groups is 1. The van der Waals surface area contributed by atoms with Crippen molar-refractivity contribution in [2.24, 2.45) is 11.8 Å². The van der Waals surface area contributed by atoms with Crippen LogP contribution in [0.2, 0.25) is 0 Å². The van der Waals surface area contributed by atoms with Crippen LogP contribution in [0.5, 0.6) is 5.75 Å². The number of fused-ring (bicyclic) bond motifs is 1. The molecular weight excluding hydrogens is 669 g/mol. The fourth-order valence-electron chi connectivity index (χ4n) is 6.49. The van der Waals surface area contributed by atoms with E-state index in [1.54, 1.807) is 49.6 Å². The molecule has 4 N–H and O–H groups in total. The summed E-state index contributed by atoms with van der Waals surface area (Å²) >= 11 is 0. The van der Waals surface area contributed by atoms with Gasteiger partial charge in [0, 0.05) is 36.2 Å². The number of aromatic hydroxyl groups is 1. The molecule has 4 rings (SSSR count). The SMILES string of the molecule is COC1CCC(CCC(Cc2ccccc2O)NC(=O)C(CS(=O)(=O)c2cccc3cccnc23)NS(C)(=O)=O)C(C(=O)NC(C)(C)C)C1. The summed E-state index contributed by atoms with van der Waals surface area (Å²) in [5, 5.41) is 17.1. The zero-order chi connectivity index (χ0) is 36.0. The number of carbonyl (C=O) groups is 2. The summed E-state index contributed by atoms with van der Waals surface area (Å²) in [5.74, 6) is -2.05. The van der Waals surface area contributed by atoms with Crippen LogP contribution in [0.1, 0.15) is 58.4 Å². The number of nitrogens with zero attached hydrogens (tertiary/aromatic N) is 1. The second-order valence-corrected chi connectivity index (χ2v) is 17.7. The van der Waals surface area contributed by atoms with Gasteiger partial charge in [0.05, 0.1) is 28.5 Å². The molecule has 0 aliphatic heterocycles. The summed E-state index contributed by atoms with van der Waals surface area (Å²) in [7, 11) is -6.61. The average Bonchev–Trinajstić information content (AvgIpc) is 3.02. The molecule has 2 amide bonds. The number of nitrogens with one attached hydrogen (secondary N) is 3. The highest BCUT2D eigenvalue weighted by atomic mass is 32.2. The van der Waals surface area contributed by atoms with Crippen LogP contribution in [-0.2, 0) is 40.6 Å². The van der Waals surface area contributed by atoms with Crippen molar-refractivity contribution in [3.63, 3.8) is 0 Å². The highest BCUT2D eigenvalue weighted by Crippen LogP contribution is 2.36. The first kappa shape index (κ1) is 38.2. The maximum absolute atomic E-state index is 13.9. The third-order valence-electron chi connectivity index (χ3n) is 8.79. The van der Waals surface area contributed by atoms with Gasteiger partial charge in [-0.2, -0.15) is 0 Å². The van der Waals surface area contributed by atoms with E-state index >= 15 is 0 Å². The van der Waals surface area contributed by atoms with Crippen molar-refractivity contribution in [2.45, 2.75) is 87.9 Å². The molecule has 2 aromatic carbocycles. The third kappa shape index (κ3) is 10.9. The van der Waals surface area contributed by atoms with Crippen molar-refractivity contribution in [2.75, 3.05) is 19.1 Å². The second kappa shape index (κ2) is 16.0. The van der Waals surface area contributed by atoms with Gasteiger partial charge in [-0.25, -0.2) is 21.6 Å². The van der Waals surface area contributed by atoms with Crippen LogP contribution in [0.25, 0.3) is 10.9 Å². The Balaban J connectivity index is 1.60. The molecule has 1 fully saturated rings. The van der Waals surface area contributed by atoms with Gasteiger partial charge in [0.15, 0.2) is 9.84 Å². The quantitative estimate of drug-likeness (QED) is 0.194. The highest BCUT2D eigenvalue weighted by Gasteiger charge is 2.37. The molecule has 1 saturated carbocycles. The Kier molecular flexibility index (Phi) is 12.4. The van der Waals surface area contributed by atoms with Crippen LogP contribution in [0.4, 0.5) is 0 Å². The Morgan fingerprint density at radius 2 is 1.73 bits per heavy atom. The Hall–Kier alpha value is -3.59. The van der Waals surface area contributed by atoms with E-state index in [4.69, 9.17) is 4.74 Å². The minimum absolute atomic E-state index is 0.0262. The molecular formula is C35H48N4O8S2. The predicted molar refractivity (Wildman–Crippen MR) is 188 cm³/mol. The average molecular weight is 717 g/mol. The Morgan fingerprint density at radius 3 is 2.41 bits per heavy atom. The van der Waals surface area contributed by atoms with Crippen LogP contribution < -0.4 is 15.4 Å². The van der Waals surface area contributed by atoms with E-state index in [0.29, 0.717) is 30.2 Å². The monoisotopic (exact) mass is 716 g/mol. The lowest BCUT2D eigenvalue weighted by Gasteiger charge is -2.37. The van der Waals surface area contributed by atoms with Gasteiger partial charge in [0.1, 0.15) is 11.8 Å². The van der Waals surface area contributed by atoms with Gasteiger partial charge in [-0.3, -0.25) is 14.6 Å². The summed E-state index contributed by atoms with van der Waals surface area (Å²) in [6, 6.07) is 12.4. The lowest BCUT2D eigenvalue weighted by molar-refractivity contribution is -0.132.